The van der Waals surface area contributed by atoms with Crippen molar-refractivity contribution in [2.75, 3.05) is 19.4 Å². The van der Waals surface area contributed by atoms with Crippen molar-refractivity contribution in [3.05, 3.63) is 46.3 Å². The molecule has 0 atom stereocenters. The number of likely N-dealkylation sites (N-methyl/N-ethyl adjacent to an activating group) is 1. The summed E-state index contributed by atoms with van der Waals surface area (Å²) in [5, 5.41) is 26.8. The number of hydrogen-bond acceptors (Lipinski definition) is 6. The van der Waals surface area contributed by atoms with Crippen LogP contribution in [-0.2, 0) is 11.3 Å². The summed E-state index contributed by atoms with van der Waals surface area (Å²) in [7, 11) is 3.31. The summed E-state index contributed by atoms with van der Waals surface area (Å²) in [6.07, 6.45) is 3.12. The van der Waals surface area contributed by atoms with Crippen LogP contribution in [0.25, 0.3) is 0 Å². The summed E-state index contributed by atoms with van der Waals surface area (Å²) in [4.78, 5) is 23.2. The first-order valence-electron chi connectivity index (χ1n) is 6.59. The maximum atomic E-state index is 11.6. The van der Waals surface area contributed by atoms with E-state index in [1.165, 1.54) is 34.0 Å². The lowest BCUT2D eigenvalue weighted by Gasteiger charge is -2.09. The van der Waals surface area contributed by atoms with Gasteiger partial charge in [-0.15, -0.1) is 0 Å². The van der Waals surface area contributed by atoms with Gasteiger partial charge in [0.05, 0.1) is 28.1 Å². The molecule has 1 amide bonds. The van der Waals surface area contributed by atoms with Crippen LogP contribution in [0.4, 0.5) is 17.1 Å². The monoisotopic (exact) mass is 314 g/mol. The topological polar surface area (TPSA) is 117 Å². The van der Waals surface area contributed by atoms with Crippen LogP contribution in [0.3, 0.4) is 0 Å². The van der Waals surface area contributed by atoms with E-state index in [4.69, 9.17) is 5.26 Å². The van der Waals surface area contributed by atoms with Gasteiger partial charge in [0.1, 0.15) is 12.6 Å². The third-order valence-corrected chi connectivity index (χ3v) is 3.04. The fourth-order valence-electron chi connectivity index (χ4n) is 1.80. The van der Waals surface area contributed by atoms with E-state index in [0.29, 0.717) is 11.4 Å². The fraction of sp³-hybridized carbons (Fsp3) is 0.214. The number of non-ortho nitro benzene ring substituents is 1. The second-order valence-corrected chi connectivity index (χ2v) is 4.94. The van der Waals surface area contributed by atoms with Gasteiger partial charge in [0.2, 0.25) is 5.91 Å². The Morgan fingerprint density at radius 1 is 1.52 bits per heavy atom. The minimum absolute atomic E-state index is 0.0973. The quantitative estimate of drug-likeness (QED) is 0.660. The smallest absolute Gasteiger partial charge is 0.270 e. The van der Waals surface area contributed by atoms with Crippen LogP contribution in [0, 0.1) is 21.4 Å². The van der Waals surface area contributed by atoms with E-state index in [0.717, 1.165) is 0 Å². The Morgan fingerprint density at radius 3 is 2.87 bits per heavy atom. The number of anilines is 2. The minimum atomic E-state index is -0.560. The minimum Gasteiger partial charge on any atom is -0.352 e. The Kier molecular flexibility index (Phi) is 4.56. The zero-order valence-corrected chi connectivity index (χ0v) is 12.6. The zero-order chi connectivity index (χ0) is 17.0. The number of hydrogen-bond donors (Lipinski definition) is 1. The molecule has 0 fully saturated rings. The largest absolute Gasteiger partial charge is 0.352 e. The molecule has 0 aliphatic carbocycles. The average molecular weight is 314 g/mol. The number of nitriles is 1. The van der Waals surface area contributed by atoms with Gasteiger partial charge in [0, 0.05) is 32.4 Å². The molecule has 1 heterocycles. The number of nitro groups is 1. The standard InChI is InChI=1S/C14H14N6O3/c1-18(2)14(21)9-19-8-11(7-16-19)17-13-4-3-12(20(22)23)5-10(13)6-15/h3-5,7-8,17H,9H2,1-2H3. The molecule has 1 aromatic heterocycles. The van der Waals surface area contributed by atoms with Crippen molar-refractivity contribution in [2.24, 2.45) is 0 Å². The lowest BCUT2D eigenvalue weighted by Crippen LogP contribution is -2.26. The first kappa shape index (κ1) is 16.0. The second-order valence-electron chi connectivity index (χ2n) is 4.94. The Hall–Kier alpha value is -3.41. The van der Waals surface area contributed by atoms with Crippen LogP contribution in [0.5, 0.6) is 0 Å². The van der Waals surface area contributed by atoms with Gasteiger partial charge in [-0.05, 0) is 6.07 Å². The molecular weight excluding hydrogens is 300 g/mol. The number of aromatic nitrogens is 2. The maximum Gasteiger partial charge on any atom is 0.270 e. The van der Waals surface area contributed by atoms with Crippen molar-refractivity contribution in [3.63, 3.8) is 0 Å². The number of carbonyl (C=O) groups excluding carboxylic acids is 1. The first-order valence-corrected chi connectivity index (χ1v) is 6.59. The van der Waals surface area contributed by atoms with Crippen LogP contribution < -0.4 is 5.32 Å². The number of nitro benzene ring substituents is 1. The lowest BCUT2D eigenvalue weighted by atomic mass is 10.1. The molecule has 1 aromatic carbocycles. The van der Waals surface area contributed by atoms with E-state index < -0.39 is 4.92 Å². The SMILES string of the molecule is CN(C)C(=O)Cn1cc(Nc2ccc([N+](=O)[O-])cc2C#N)cn1. The van der Waals surface area contributed by atoms with Gasteiger partial charge in [-0.1, -0.05) is 0 Å². The molecule has 23 heavy (non-hydrogen) atoms. The molecule has 0 aliphatic rings. The molecule has 0 saturated heterocycles. The summed E-state index contributed by atoms with van der Waals surface area (Å²) in [5.41, 5.74) is 0.995. The summed E-state index contributed by atoms with van der Waals surface area (Å²) >= 11 is 0. The van der Waals surface area contributed by atoms with Gasteiger partial charge in [-0.3, -0.25) is 19.6 Å². The average Bonchev–Trinajstić information content (AvgIpc) is 2.94. The van der Waals surface area contributed by atoms with Crippen molar-refractivity contribution in [2.45, 2.75) is 6.54 Å². The van der Waals surface area contributed by atoms with Crippen molar-refractivity contribution >= 4 is 23.0 Å². The van der Waals surface area contributed by atoms with E-state index in [1.807, 2.05) is 6.07 Å². The number of nitrogens with one attached hydrogen (secondary N) is 1. The molecule has 2 aromatic rings. The molecule has 0 radical (unpaired) electrons. The normalized spacial score (nSPS) is 9.96. The number of rotatable bonds is 5. The van der Waals surface area contributed by atoms with Crippen molar-refractivity contribution in [3.8, 4) is 6.07 Å². The van der Waals surface area contributed by atoms with Gasteiger partial charge < -0.3 is 10.2 Å². The third kappa shape index (κ3) is 3.82. The molecule has 9 heteroatoms. The highest BCUT2D eigenvalue weighted by molar-refractivity contribution is 5.75. The molecule has 9 nitrogen and oxygen atoms in total. The molecule has 1 N–H and O–H groups in total. The predicted octanol–water partition coefficient (Wildman–Crippen LogP) is 1.49. The Labute approximate surface area is 131 Å². The van der Waals surface area contributed by atoms with Crippen molar-refractivity contribution in [1.82, 2.24) is 14.7 Å². The van der Waals surface area contributed by atoms with Gasteiger partial charge >= 0.3 is 0 Å². The number of benzene rings is 1. The fourth-order valence-corrected chi connectivity index (χ4v) is 1.80. The summed E-state index contributed by atoms with van der Waals surface area (Å²) in [5.74, 6) is -0.104. The second kappa shape index (κ2) is 6.57. The molecule has 0 bridgehead atoms. The van der Waals surface area contributed by atoms with Crippen LogP contribution in [0.1, 0.15) is 5.56 Å². The van der Waals surface area contributed by atoms with E-state index >= 15 is 0 Å². The van der Waals surface area contributed by atoms with E-state index in [2.05, 4.69) is 10.4 Å². The Morgan fingerprint density at radius 2 is 2.26 bits per heavy atom. The van der Waals surface area contributed by atoms with Crippen molar-refractivity contribution in [1.29, 1.82) is 5.26 Å². The molecule has 0 spiro atoms. The van der Waals surface area contributed by atoms with E-state index in [1.54, 1.807) is 20.3 Å². The lowest BCUT2D eigenvalue weighted by molar-refractivity contribution is -0.384. The van der Waals surface area contributed by atoms with Gasteiger partial charge in [0.25, 0.3) is 5.69 Å². The van der Waals surface area contributed by atoms with Crippen LogP contribution in [0.15, 0.2) is 30.6 Å². The summed E-state index contributed by atoms with van der Waals surface area (Å²) in [6, 6.07) is 5.87. The first-order chi connectivity index (χ1) is 10.9. The highest BCUT2D eigenvalue weighted by atomic mass is 16.6. The van der Waals surface area contributed by atoms with Gasteiger partial charge in [0.15, 0.2) is 0 Å². The highest BCUT2D eigenvalue weighted by Gasteiger charge is 2.12. The molecule has 0 saturated carbocycles. The Balaban J connectivity index is 2.17. The predicted molar refractivity (Wildman–Crippen MR) is 82.0 cm³/mol. The Bertz CT molecular complexity index is 790. The van der Waals surface area contributed by atoms with Gasteiger partial charge in [-0.2, -0.15) is 10.4 Å². The maximum absolute atomic E-state index is 11.6. The van der Waals surface area contributed by atoms with E-state index in [9.17, 15) is 14.9 Å². The highest BCUT2D eigenvalue weighted by Crippen LogP contribution is 2.24. The number of amides is 1. The number of nitrogens with zero attached hydrogens (tertiary/aromatic N) is 5. The van der Waals surface area contributed by atoms with Crippen molar-refractivity contribution < 1.29 is 9.72 Å². The van der Waals surface area contributed by atoms with Crippen LogP contribution >= 0.6 is 0 Å². The number of carbonyl (C=O) groups is 1. The van der Waals surface area contributed by atoms with E-state index in [-0.39, 0.29) is 23.7 Å². The molecule has 0 unspecified atom stereocenters. The molecular formula is C14H14N6O3. The van der Waals surface area contributed by atoms with Crippen LogP contribution in [0.2, 0.25) is 0 Å². The molecule has 0 aliphatic heterocycles. The van der Waals surface area contributed by atoms with Gasteiger partial charge in [-0.25, -0.2) is 0 Å². The zero-order valence-electron chi connectivity index (χ0n) is 12.6. The molecule has 118 valence electrons. The summed E-state index contributed by atoms with van der Waals surface area (Å²) < 4.78 is 1.46. The summed E-state index contributed by atoms with van der Waals surface area (Å²) in [6.45, 7) is 0.0973. The third-order valence-electron chi connectivity index (χ3n) is 3.04. The molecule has 2 rings (SSSR count). The van der Waals surface area contributed by atoms with Crippen LogP contribution in [-0.4, -0.2) is 39.6 Å².